The topological polar surface area (TPSA) is 23.6 Å². The molecule has 0 radical (unpaired) electrons. The Labute approximate surface area is 155 Å². The molecule has 5 rings (SSSR count). The first kappa shape index (κ1) is 16.1. The Hall–Kier alpha value is -2.13. The van der Waals surface area contributed by atoms with Crippen LogP contribution in [0.5, 0.6) is 0 Å². The summed E-state index contributed by atoms with van der Waals surface area (Å²) >= 11 is 0. The normalized spacial score (nSPS) is 21.1. The van der Waals surface area contributed by atoms with Gasteiger partial charge < -0.3 is 4.90 Å². The maximum absolute atomic E-state index is 12.9. The van der Waals surface area contributed by atoms with Crippen LogP contribution in [0.3, 0.4) is 0 Å². The molecular formula is C23H26N2O. The molecule has 1 aliphatic heterocycles. The van der Waals surface area contributed by atoms with Gasteiger partial charge in [0.05, 0.1) is 0 Å². The molecule has 3 nitrogen and oxygen atoms in total. The van der Waals surface area contributed by atoms with Gasteiger partial charge in [0.15, 0.2) is 0 Å². The van der Waals surface area contributed by atoms with E-state index in [2.05, 4.69) is 47.4 Å². The Bertz CT molecular complexity index is 826. The zero-order valence-electron chi connectivity index (χ0n) is 15.2. The van der Waals surface area contributed by atoms with Crippen molar-refractivity contribution in [2.75, 3.05) is 18.0 Å². The van der Waals surface area contributed by atoms with Gasteiger partial charge in [0.25, 0.3) is 0 Å². The third-order valence-corrected chi connectivity index (χ3v) is 6.29. The smallest absolute Gasteiger partial charge is 0.228 e. The van der Waals surface area contributed by atoms with E-state index in [1.807, 2.05) is 11.0 Å². The Balaban J connectivity index is 1.29. The summed E-state index contributed by atoms with van der Waals surface area (Å²) in [6, 6.07) is 18.4. The summed E-state index contributed by atoms with van der Waals surface area (Å²) in [6.45, 7) is 1.73. The molecule has 2 aliphatic carbocycles. The minimum atomic E-state index is 0.284. The van der Waals surface area contributed by atoms with Crippen molar-refractivity contribution >= 4 is 11.6 Å². The number of hydrogen-bond acceptors (Lipinski definition) is 2. The van der Waals surface area contributed by atoms with Crippen molar-refractivity contribution in [2.24, 2.45) is 0 Å². The van der Waals surface area contributed by atoms with Gasteiger partial charge in [0.2, 0.25) is 5.91 Å². The summed E-state index contributed by atoms with van der Waals surface area (Å²) in [5, 5.41) is 0. The maximum Gasteiger partial charge on any atom is 0.228 e. The van der Waals surface area contributed by atoms with Crippen LogP contribution in [0.25, 0.3) is 0 Å². The van der Waals surface area contributed by atoms with E-state index in [0.29, 0.717) is 18.5 Å². The average molecular weight is 346 g/mol. The fourth-order valence-corrected chi connectivity index (χ4v) is 4.84. The van der Waals surface area contributed by atoms with Gasteiger partial charge in [-0.25, -0.2) is 0 Å². The van der Waals surface area contributed by atoms with E-state index in [0.717, 1.165) is 25.2 Å². The van der Waals surface area contributed by atoms with Crippen LogP contribution < -0.4 is 4.90 Å². The van der Waals surface area contributed by atoms with Crippen LogP contribution in [-0.2, 0) is 17.6 Å². The van der Waals surface area contributed by atoms with Gasteiger partial charge in [0.1, 0.15) is 0 Å². The first-order valence-electron chi connectivity index (χ1n) is 10.0. The highest BCUT2D eigenvalue weighted by Gasteiger charge is 2.37. The summed E-state index contributed by atoms with van der Waals surface area (Å²) in [6.07, 6.45) is 6.58. The molecule has 26 heavy (non-hydrogen) atoms. The lowest BCUT2D eigenvalue weighted by Gasteiger charge is -2.30. The highest BCUT2D eigenvalue weighted by atomic mass is 16.2. The van der Waals surface area contributed by atoms with E-state index in [4.69, 9.17) is 0 Å². The van der Waals surface area contributed by atoms with E-state index < -0.39 is 0 Å². The Morgan fingerprint density at radius 3 is 2.58 bits per heavy atom. The van der Waals surface area contributed by atoms with Crippen molar-refractivity contribution in [1.29, 1.82) is 0 Å². The number of aryl methyl sites for hydroxylation is 1. The number of fused-ring (bicyclic) bond motifs is 2. The van der Waals surface area contributed by atoms with E-state index in [1.165, 1.54) is 42.4 Å². The summed E-state index contributed by atoms with van der Waals surface area (Å²) in [5.74, 6) is 0.284. The van der Waals surface area contributed by atoms with E-state index >= 15 is 0 Å². The predicted octanol–water partition coefficient (Wildman–Crippen LogP) is 4.12. The molecule has 1 fully saturated rings. The number of carbonyl (C=O) groups excluding carboxylic acids is 1. The fraction of sp³-hybridized carbons (Fsp3) is 0.435. The van der Waals surface area contributed by atoms with Crippen LogP contribution in [0.15, 0.2) is 48.5 Å². The second-order valence-corrected chi connectivity index (χ2v) is 7.90. The monoisotopic (exact) mass is 346 g/mol. The molecule has 3 aliphatic rings. The van der Waals surface area contributed by atoms with Crippen LogP contribution in [0, 0.1) is 0 Å². The molecule has 3 heteroatoms. The number of amides is 1. The number of nitrogens with zero attached hydrogens (tertiary/aromatic N) is 2. The maximum atomic E-state index is 12.9. The van der Waals surface area contributed by atoms with Crippen LogP contribution in [0.4, 0.5) is 5.69 Å². The number of rotatable bonds is 5. The van der Waals surface area contributed by atoms with Crippen molar-refractivity contribution in [3.05, 3.63) is 65.2 Å². The van der Waals surface area contributed by atoms with Crippen LogP contribution in [-0.4, -0.2) is 29.9 Å². The summed E-state index contributed by atoms with van der Waals surface area (Å²) < 4.78 is 0. The van der Waals surface area contributed by atoms with Gasteiger partial charge in [-0.2, -0.15) is 0 Å². The number of anilines is 1. The van der Waals surface area contributed by atoms with E-state index in [-0.39, 0.29) is 5.91 Å². The highest BCUT2D eigenvalue weighted by molar-refractivity contribution is 5.95. The molecule has 0 aromatic heterocycles. The van der Waals surface area contributed by atoms with Crippen molar-refractivity contribution in [1.82, 2.24) is 4.90 Å². The molecule has 2 aromatic rings. The highest BCUT2D eigenvalue weighted by Crippen LogP contribution is 2.41. The van der Waals surface area contributed by atoms with Crippen LogP contribution in [0.1, 0.15) is 48.4 Å². The number of para-hydroxylation sites is 1. The Kier molecular flexibility index (Phi) is 4.05. The standard InChI is InChI=1S/C23H26N2O/c26-23(25-15-13-18-6-2-4-8-21(18)25)14-16-24(19-10-11-19)22-12-9-17-5-1-3-7-20(17)22/h1-8,19,22H,9-16H2. The summed E-state index contributed by atoms with van der Waals surface area (Å²) in [7, 11) is 0. The van der Waals surface area contributed by atoms with Crippen molar-refractivity contribution < 1.29 is 4.79 Å². The molecule has 1 amide bonds. The first-order chi connectivity index (χ1) is 12.8. The largest absolute Gasteiger partial charge is 0.312 e. The first-order valence-corrected chi connectivity index (χ1v) is 10.0. The summed E-state index contributed by atoms with van der Waals surface area (Å²) in [4.78, 5) is 17.5. The molecular weight excluding hydrogens is 320 g/mol. The number of benzene rings is 2. The minimum absolute atomic E-state index is 0.284. The van der Waals surface area contributed by atoms with Crippen molar-refractivity contribution in [3.63, 3.8) is 0 Å². The van der Waals surface area contributed by atoms with Crippen molar-refractivity contribution in [2.45, 2.75) is 50.6 Å². The second-order valence-electron chi connectivity index (χ2n) is 7.90. The molecule has 0 spiro atoms. The molecule has 1 saturated carbocycles. The average Bonchev–Trinajstić information content (AvgIpc) is 3.28. The molecule has 0 N–H and O–H groups in total. The molecule has 2 aromatic carbocycles. The Morgan fingerprint density at radius 1 is 0.962 bits per heavy atom. The van der Waals surface area contributed by atoms with Crippen LogP contribution >= 0.6 is 0 Å². The third kappa shape index (κ3) is 2.84. The van der Waals surface area contributed by atoms with Gasteiger partial charge >= 0.3 is 0 Å². The number of carbonyl (C=O) groups is 1. The van der Waals surface area contributed by atoms with Gasteiger partial charge in [-0.1, -0.05) is 42.5 Å². The molecule has 0 bridgehead atoms. The lowest BCUT2D eigenvalue weighted by atomic mass is 10.1. The predicted molar refractivity (Wildman–Crippen MR) is 104 cm³/mol. The fourth-order valence-electron chi connectivity index (χ4n) is 4.84. The lowest BCUT2D eigenvalue weighted by Crippen LogP contribution is -2.36. The molecule has 1 atom stereocenters. The third-order valence-electron chi connectivity index (χ3n) is 6.29. The van der Waals surface area contributed by atoms with Crippen LogP contribution in [0.2, 0.25) is 0 Å². The van der Waals surface area contributed by atoms with Gasteiger partial charge in [-0.3, -0.25) is 9.69 Å². The summed E-state index contributed by atoms with van der Waals surface area (Å²) in [5.41, 5.74) is 5.44. The molecule has 1 unspecified atom stereocenters. The zero-order valence-corrected chi connectivity index (χ0v) is 15.2. The lowest BCUT2D eigenvalue weighted by molar-refractivity contribution is -0.119. The second kappa shape index (κ2) is 6.55. The quantitative estimate of drug-likeness (QED) is 0.813. The molecule has 1 heterocycles. The van der Waals surface area contributed by atoms with E-state index in [9.17, 15) is 4.79 Å². The molecule has 134 valence electrons. The minimum Gasteiger partial charge on any atom is -0.312 e. The van der Waals surface area contributed by atoms with E-state index in [1.54, 1.807) is 0 Å². The SMILES string of the molecule is O=C(CCN(C1CC1)C1CCc2ccccc21)N1CCc2ccccc21. The van der Waals surface area contributed by atoms with Gasteiger partial charge in [-0.05, 0) is 54.9 Å². The van der Waals surface area contributed by atoms with Gasteiger partial charge in [0, 0.05) is 37.3 Å². The zero-order chi connectivity index (χ0) is 17.5. The number of hydrogen-bond donors (Lipinski definition) is 0. The molecule has 0 saturated heterocycles. The van der Waals surface area contributed by atoms with Gasteiger partial charge in [-0.15, -0.1) is 0 Å². The Morgan fingerprint density at radius 2 is 1.73 bits per heavy atom. The van der Waals surface area contributed by atoms with Crippen molar-refractivity contribution in [3.8, 4) is 0 Å².